The van der Waals surface area contributed by atoms with Gasteiger partial charge in [0.25, 0.3) is 0 Å². The molecule has 0 bridgehead atoms. The molecule has 0 spiro atoms. The number of aromatic carboxylic acids is 1. The van der Waals surface area contributed by atoms with Gasteiger partial charge in [0, 0.05) is 24.6 Å². The van der Waals surface area contributed by atoms with Crippen molar-refractivity contribution in [1.29, 1.82) is 0 Å². The van der Waals surface area contributed by atoms with Crippen molar-refractivity contribution < 1.29 is 18.3 Å². The van der Waals surface area contributed by atoms with E-state index in [0.717, 1.165) is 12.7 Å². The second-order valence-corrected chi connectivity index (χ2v) is 6.77. The lowest BCUT2D eigenvalue weighted by molar-refractivity contribution is 0.0697. The predicted octanol–water partition coefficient (Wildman–Crippen LogP) is 2.06. The van der Waals surface area contributed by atoms with Crippen LogP contribution in [-0.4, -0.2) is 35.5 Å². The Morgan fingerprint density at radius 1 is 1.29 bits per heavy atom. The molecule has 6 nitrogen and oxygen atoms in total. The first-order valence-corrected chi connectivity index (χ1v) is 8.33. The van der Waals surface area contributed by atoms with E-state index in [1.54, 1.807) is 16.8 Å². The highest BCUT2D eigenvalue weighted by Crippen LogP contribution is 2.24. The Hall–Kier alpha value is -2.15. The highest BCUT2D eigenvalue weighted by atomic mass is 32.2. The highest BCUT2D eigenvalue weighted by molar-refractivity contribution is 7.90. The summed E-state index contributed by atoms with van der Waals surface area (Å²) in [6.45, 7) is 2.60. The summed E-state index contributed by atoms with van der Waals surface area (Å²) in [7, 11) is -3.27. The number of carboxylic acid groups (broad SMARTS) is 1. The van der Waals surface area contributed by atoms with Crippen LogP contribution in [0, 0.1) is 0 Å². The van der Waals surface area contributed by atoms with E-state index >= 15 is 0 Å². The van der Waals surface area contributed by atoms with Crippen LogP contribution in [0.15, 0.2) is 35.4 Å². The number of aryl methyl sites for hydroxylation is 1. The molecule has 1 aromatic carbocycles. The van der Waals surface area contributed by atoms with Gasteiger partial charge in [-0.3, -0.25) is 4.68 Å². The molecule has 1 aromatic heterocycles. The van der Waals surface area contributed by atoms with Crippen molar-refractivity contribution >= 4 is 15.8 Å². The highest BCUT2D eigenvalue weighted by Gasteiger charge is 2.17. The van der Waals surface area contributed by atoms with Gasteiger partial charge in [0.05, 0.1) is 4.90 Å². The molecule has 1 heterocycles. The molecule has 7 heteroatoms. The van der Waals surface area contributed by atoms with Gasteiger partial charge in [-0.1, -0.05) is 19.1 Å². The van der Waals surface area contributed by atoms with Crippen LogP contribution in [0.1, 0.15) is 23.7 Å². The molecule has 0 radical (unpaired) electrons. The van der Waals surface area contributed by atoms with Crippen LogP contribution in [0.5, 0.6) is 0 Å². The normalized spacial score (nSPS) is 11.5. The second-order valence-electron chi connectivity index (χ2n) is 4.76. The maximum absolute atomic E-state index is 11.4. The quantitative estimate of drug-likeness (QED) is 0.913. The number of hydrogen-bond acceptors (Lipinski definition) is 4. The summed E-state index contributed by atoms with van der Waals surface area (Å²) < 4.78 is 24.4. The van der Waals surface area contributed by atoms with Gasteiger partial charge < -0.3 is 5.11 Å². The first kappa shape index (κ1) is 15.2. The summed E-state index contributed by atoms with van der Waals surface area (Å²) in [5.74, 6) is -1.06. The Kier molecular flexibility index (Phi) is 4.13. The van der Waals surface area contributed by atoms with Gasteiger partial charge in [-0.15, -0.1) is 0 Å². The molecule has 2 rings (SSSR count). The zero-order valence-electron chi connectivity index (χ0n) is 11.8. The summed E-state index contributed by atoms with van der Waals surface area (Å²) in [5, 5.41) is 13.5. The fourth-order valence-electron chi connectivity index (χ4n) is 1.99. The Bertz CT molecular complexity index is 761. The number of carboxylic acids is 1. The van der Waals surface area contributed by atoms with Crippen LogP contribution in [-0.2, 0) is 16.4 Å². The van der Waals surface area contributed by atoms with E-state index in [1.807, 2.05) is 6.92 Å². The van der Waals surface area contributed by atoms with Crippen LogP contribution >= 0.6 is 0 Å². The molecular weight excluding hydrogens is 292 g/mol. The van der Waals surface area contributed by atoms with E-state index < -0.39 is 15.8 Å². The van der Waals surface area contributed by atoms with Gasteiger partial charge >= 0.3 is 5.97 Å². The molecule has 0 aliphatic heterocycles. The minimum Gasteiger partial charge on any atom is -0.478 e. The summed E-state index contributed by atoms with van der Waals surface area (Å²) in [6.07, 6.45) is 3.46. The first-order chi connectivity index (χ1) is 9.82. The molecule has 0 aliphatic rings. The van der Waals surface area contributed by atoms with Crippen molar-refractivity contribution in [1.82, 2.24) is 9.78 Å². The van der Waals surface area contributed by atoms with Crippen molar-refractivity contribution in [2.45, 2.75) is 24.8 Å². The van der Waals surface area contributed by atoms with E-state index in [2.05, 4.69) is 5.10 Å². The lowest BCUT2D eigenvalue weighted by atomic mass is 10.1. The smallest absolute Gasteiger partial charge is 0.339 e. The number of benzene rings is 1. The Labute approximate surface area is 123 Å². The molecule has 21 heavy (non-hydrogen) atoms. The van der Waals surface area contributed by atoms with Gasteiger partial charge in [-0.25, -0.2) is 13.2 Å². The van der Waals surface area contributed by atoms with Crippen molar-refractivity contribution in [3.63, 3.8) is 0 Å². The minimum atomic E-state index is -3.27. The summed E-state index contributed by atoms with van der Waals surface area (Å²) in [5.41, 5.74) is 1.03. The molecule has 0 unspecified atom stereocenters. The molecule has 2 aromatic rings. The van der Waals surface area contributed by atoms with E-state index in [4.69, 9.17) is 0 Å². The third-order valence-electron chi connectivity index (χ3n) is 3.00. The van der Waals surface area contributed by atoms with Crippen LogP contribution in [0.2, 0.25) is 0 Å². The zero-order chi connectivity index (χ0) is 15.6. The van der Waals surface area contributed by atoms with Crippen LogP contribution in [0.25, 0.3) is 11.3 Å². The van der Waals surface area contributed by atoms with E-state index in [-0.39, 0.29) is 10.5 Å². The number of sulfone groups is 1. The predicted molar refractivity (Wildman–Crippen MR) is 78.0 cm³/mol. The molecule has 0 atom stereocenters. The van der Waals surface area contributed by atoms with E-state index in [9.17, 15) is 18.3 Å². The largest absolute Gasteiger partial charge is 0.478 e. The molecule has 0 amide bonds. The first-order valence-electron chi connectivity index (χ1n) is 6.44. The molecule has 0 aliphatic carbocycles. The monoisotopic (exact) mass is 308 g/mol. The van der Waals surface area contributed by atoms with Crippen LogP contribution < -0.4 is 0 Å². The molecule has 1 N–H and O–H groups in total. The van der Waals surface area contributed by atoms with Gasteiger partial charge in [-0.05, 0) is 18.6 Å². The zero-order valence-corrected chi connectivity index (χ0v) is 12.6. The third-order valence-corrected chi connectivity index (χ3v) is 4.13. The van der Waals surface area contributed by atoms with Gasteiger partial charge in [0.1, 0.15) is 11.3 Å². The average Bonchev–Trinajstić information content (AvgIpc) is 2.82. The van der Waals surface area contributed by atoms with E-state index in [0.29, 0.717) is 17.8 Å². The number of nitrogens with zero attached hydrogens (tertiary/aromatic N) is 2. The maximum atomic E-state index is 11.4. The summed E-state index contributed by atoms with van der Waals surface area (Å²) >= 11 is 0. The minimum absolute atomic E-state index is 0.107. The molecule has 0 saturated carbocycles. The van der Waals surface area contributed by atoms with Crippen molar-refractivity contribution in [2.75, 3.05) is 6.26 Å². The third kappa shape index (κ3) is 3.30. The molecule has 0 saturated heterocycles. The van der Waals surface area contributed by atoms with Gasteiger partial charge in [0.2, 0.25) is 0 Å². The SMILES string of the molecule is CCCn1cc(C(=O)O)c(-c2ccc(S(C)(=O)=O)cc2)n1. The fourth-order valence-corrected chi connectivity index (χ4v) is 2.63. The second kappa shape index (κ2) is 5.69. The van der Waals surface area contributed by atoms with Gasteiger partial charge in [-0.2, -0.15) is 5.10 Å². The maximum Gasteiger partial charge on any atom is 0.339 e. The number of aromatic nitrogens is 2. The topological polar surface area (TPSA) is 89.3 Å². The van der Waals surface area contributed by atoms with Crippen LogP contribution in [0.3, 0.4) is 0 Å². The Morgan fingerprint density at radius 3 is 2.38 bits per heavy atom. The summed E-state index contributed by atoms with van der Waals surface area (Å²) in [6, 6.07) is 6.05. The summed E-state index contributed by atoms with van der Waals surface area (Å²) in [4.78, 5) is 11.5. The van der Waals surface area contributed by atoms with E-state index in [1.165, 1.54) is 18.3 Å². The fraction of sp³-hybridized carbons (Fsp3) is 0.286. The lowest BCUT2D eigenvalue weighted by Crippen LogP contribution is -1.98. The average molecular weight is 308 g/mol. The van der Waals surface area contributed by atoms with Crippen molar-refractivity contribution in [3.05, 3.63) is 36.0 Å². The van der Waals surface area contributed by atoms with Crippen molar-refractivity contribution in [2.24, 2.45) is 0 Å². The molecule has 112 valence electrons. The lowest BCUT2D eigenvalue weighted by Gasteiger charge is -2.02. The van der Waals surface area contributed by atoms with Crippen molar-refractivity contribution in [3.8, 4) is 11.3 Å². The Morgan fingerprint density at radius 2 is 1.90 bits per heavy atom. The standard InChI is InChI=1S/C14H16N2O4S/c1-3-8-16-9-12(14(17)18)13(15-16)10-4-6-11(7-5-10)21(2,19)20/h4-7,9H,3,8H2,1-2H3,(H,17,18). The number of hydrogen-bond donors (Lipinski definition) is 1. The Balaban J connectivity index is 2.48. The molecular formula is C14H16N2O4S. The molecule has 0 fully saturated rings. The number of rotatable bonds is 5. The number of carbonyl (C=O) groups is 1. The van der Waals surface area contributed by atoms with Crippen LogP contribution in [0.4, 0.5) is 0 Å². The van der Waals surface area contributed by atoms with Gasteiger partial charge in [0.15, 0.2) is 9.84 Å².